The number of hydrogen-bond acceptors (Lipinski definition) is 6. The molecule has 0 radical (unpaired) electrons. The number of aromatic nitrogens is 2. The van der Waals surface area contributed by atoms with Gasteiger partial charge in [-0.25, -0.2) is 15.8 Å². The average molecular weight is 223 g/mol. The summed E-state index contributed by atoms with van der Waals surface area (Å²) in [4.78, 5) is 8.50. The molecule has 2 rings (SSSR count). The van der Waals surface area contributed by atoms with E-state index in [-0.39, 0.29) is 0 Å². The maximum atomic E-state index is 5.34. The molecule has 0 bridgehead atoms. The lowest BCUT2D eigenvalue weighted by Gasteiger charge is -2.08. The van der Waals surface area contributed by atoms with Crippen LogP contribution in [0.3, 0.4) is 0 Å². The Morgan fingerprint density at radius 3 is 2.81 bits per heavy atom. The Morgan fingerprint density at radius 2 is 2.19 bits per heavy atom. The molecule has 4 N–H and O–H groups in total. The minimum atomic E-state index is 0.383. The van der Waals surface area contributed by atoms with E-state index in [1.54, 1.807) is 13.2 Å². The van der Waals surface area contributed by atoms with Crippen molar-refractivity contribution in [3.63, 3.8) is 0 Å². The van der Waals surface area contributed by atoms with Crippen LogP contribution in [0.1, 0.15) is 18.7 Å². The molecule has 0 spiro atoms. The van der Waals surface area contributed by atoms with Gasteiger partial charge < -0.3 is 15.5 Å². The van der Waals surface area contributed by atoms with Crippen LogP contribution in [-0.4, -0.2) is 23.6 Å². The molecule has 1 fully saturated rings. The second-order valence-corrected chi connectivity index (χ2v) is 3.96. The van der Waals surface area contributed by atoms with Crippen LogP contribution in [0.5, 0.6) is 0 Å². The van der Waals surface area contributed by atoms with E-state index < -0.39 is 0 Å². The fourth-order valence-electron chi connectivity index (χ4n) is 1.43. The van der Waals surface area contributed by atoms with Gasteiger partial charge in [-0.2, -0.15) is 0 Å². The van der Waals surface area contributed by atoms with E-state index in [0.717, 1.165) is 18.3 Å². The smallest absolute Gasteiger partial charge is 0.158 e. The Bertz CT molecular complexity index is 353. The first-order valence-corrected chi connectivity index (χ1v) is 5.39. The van der Waals surface area contributed by atoms with Gasteiger partial charge >= 0.3 is 0 Å². The first-order chi connectivity index (χ1) is 7.81. The van der Waals surface area contributed by atoms with Crippen LogP contribution in [0.4, 0.5) is 11.6 Å². The van der Waals surface area contributed by atoms with Crippen LogP contribution in [0.25, 0.3) is 0 Å². The Hall–Kier alpha value is -1.40. The van der Waals surface area contributed by atoms with E-state index in [1.165, 1.54) is 12.8 Å². The number of rotatable bonds is 6. The molecule has 88 valence electrons. The van der Waals surface area contributed by atoms with Crippen LogP contribution in [0.2, 0.25) is 0 Å². The second-order valence-electron chi connectivity index (χ2n) is 3.96. The lowest BCUT2D eigenvalue weighted by atomic mass is 10.4. The number of hydrazine groups is 1. The lowest BCUT2D eigenvalue weighted by molar-refractivity contribution is 0.178. The summed E-state index contributed by atoms with van der Waals surface area (Å²) >= 11 is 0. The van der Waals surface area contributed by atoms with Crippen LogP contribution < -0.4 is 16.6 Å². The molecular weight excluding hydrogens is 206 g/mol. The van der Waals surface area contributed by atoms with Gasteiger partial charge in [-0.05, 0) is 18.8 Å². The zero-order chi connectivity index (χ0) is 11.4. The molecule has 1 aliphatic rings. The summed E-state index contributed by atoms with van der Waals surface area (Å²) in [5.41, 5.74) is 2.52. The number of nitrogens with two attached hydrogens (primary N) is 1. The topological polar surface area (TPSA) is 85.1 Å². The third-order valence-corrected chi connectivity index (χ3v) is 2.46. The number of methoxy groups -OCH3 is 1. The van der Waals surface area contributed by atoms with E-state index >= 15 is 0 Å². The van der Waals surface area contributed by atoms with Crippen LogP contribution in [-0.2, 0) is 11.3 Å². The third kappa shape index (κ3) is 3.04. The second kappa shape index (κ2) is 5.09. The van der Waals surface area contributed by atoms with E-state index in [1.807, 2.05) is 0 Å². The quantitative estimate of drug-likeness (QED) is 0.487. The van der Waals surface area contributed by atoms with Gasteiger partial charge in [0.05, 0.1) is 0 Å². The van der Waals surface area contributed by atoms with E-state index in [2.05, 4.69) is 20.7 Å². The van der Waals surface area contributed by atoms with Gasteiger partial charge in [0, 0.05) is 19.7 Å². The number of nitrogens with one attached hydrogen (secondary N) is 2. The van der Waals surface area contributed by atoms with Gasteiger partial charge in [0.15, 0.2) is 5.82 Å². The molecule has 6 nitrogen and oxygen atoms in total. The first kappa shape index (κ1) is 11.1. The van der Waals surface area contributed by atoms with Gasteiger partial charge in [-0.3, -0.25) is 0 Å². The minimum absolute atomic E-state index is 0.383. The number of anilines is 2. The zero-order valence-corrected chi connectivity index (χ0v) is 9.36. The number of nitrogens with zero attached hydrogens (tertiary/aromatic N) is 2. The fourth-order valence-corrected chi connectivity index (χ4v) is 1.43. The van der Waals surface area contributed by atoms with Crippen molar-refractivity contribution in [1.29, 1.82) is 0 Å². The lowest BCUT2D eigenvalue weighted by Crippen LogP contribution is -2.13. The zero-order valence-electron chi connectivity index (χ0n) is 9.36. The summed E-state index contributed by atoms with van der Waals surface area (Å²) in [6, 6.07) is 1.79. The van der Waals surface area contributed by atoms with E-state index in [9.17, 15) is 0 Å². The largest absolute Gasteiger partial charge is 0.377 e. The molecule has 6 heteroatoms. The Morgan fingerprint density at radius 1 is 1.44 bits per heavy atom. The van der Waals surface area contributed by atoms with Crippen molar-refractivity contribution in [2.45, 2.75) is 19.4 Å². The Balaban J connectivity index is 2.04. The van der Waals surface area contributed by atoms with Gasteiger partial charge in [0.25, 0.3) is 0 Å². The SMILES string of the molecule is COCc1nc(NN)cc(NCC2CC2)n1. The standard InChI is InChI=1S/C10H17N5O/c1-16-6-10-13-8(4-9(14-10)15-11)12-5-7-2-3-7/h4,7H,2-3,5-6,11H2,1H3,(H2,12,13,14,15). The van der Waals surface area contributed by atoms with E-state index in [4.69, 9.17) is 10.6 Å². The highest BCUT2D eigenvalue weighted by molar-refractivity contribution is 5.46. The molecule has 1 heterocycles. The van der Waals surface area contributed by atoms with Gasteiger partial charge in [0.1, 0.15) is 18.2 Å². The summed E-state index contributed by atoms with van der Waals surface area (Å²) in [6.45, 7) is 1.35. The van der Waals surface area contributed by atoms with Gasteiger partial charge in [-0.1, -0.05) is 0 Å². The van der Waals surface area contributed by atoms with Crippen molar-refractivity contribution in [1.82, 2.24) is 9.97 Å². The highest BCUT2D eigenvalue weighted by Gasteiger charge is 2.20. The highest BCUT2D eigenvalue weighted by atomic mass is 16.5. The minimum Gasteiger partial charge on any atom is -0.377 e. The molecule has 0 unspecified atom stereocenters. The van der Waals surface area contributed by atoms with Crippen LogP contribution >= 0.6 is 0 Å². The van der Waals surface area contributed by atoms with Crippen molar-refractivity contribution < 1.29 is 4.74 Å². The molecule has 0 aliphatic heterocycles. The van der Waals surface area contributed by atoms with Crippen LogP contribution in [0, 0.1) is 5.92 Å². The van der Waals surface area contributed by atoms with Crippen molar-refractivity contribution in [3.05, 3.63) is 11.9 Å². The van der Waals surface area contributed by atoms with E-state index in [0.29, 0.717) is 18.2 Å². The molecule has 1 aliphatic carbocycles. The summed E-state index contributed by atoms with van der Waals surface area (Å²) in [5.74, 6) is 8.16. The molecule has 16 heavy (non-hydrogen) atoms. The molecule has 1 aromatic heterocycles. The fraction of sp³-hybridized carbons (Fsp3) is 0.600. The molecule has 0 amide bonds. The molecule has 1 aromatic rings. The average Bonchev–Trinajstić information content (AvgIpc) is 3.10. The summed E-state index contributed by atoms with van der Waals surface area (Å²) < 4.78 is 5.00. The van der Waals surface area contributed by atoms with Gasteiger partial charge in [0.2, 0.25) is 0 Å². The molecular formula is C10H17N5O. The summed E-state index contributed by atoms with van der Waals surface area (Å²) in [6.07, 6.45) is 2.62. The van der Waals surface area contributed by atoms with Gasteiger partial charge in [-0.15, -0.1) is 0 Å². The first-order valence-electron chi connectivity index (χ1n) is 5.39. The molecule has 0 atom stereocenters. The maximum Gasteiger partial charge on any atom is 0.158 e. The van der Waals surface area contributed by atoms with Crippen molar-refractivity contribution >= 4 is 11.6 Å². The molecule has 0 aromatic carbocycles. The number of ether oxygens (including phenoxy) is 1. The number of nitrogen functional groups attached to an aromatic ring is 1. The maximum absolute atomic E-state index is 5.34. The Kier molecular flexibility index (Phi) is 3.53. The predicted octanol–water partition coefficient (Wildman–Crippen LogP) is 0.730. The summed E-state index contributed by atoms with van der Waals surface area (Å²) in [5, 5.41) is 3.28. The summed E-state index contributed by atoms with van der Waals surface area (Å²) in [7, 11) is 1.61. The predicted molar refractivity (Wildman–Crippen MR) is 61.8 cm³/mol. The molecule has 1 saturated carbocycles. The molecule has 0 saturated heterocycles. The Labute approximate surface area is 94.6 Å². The van der Waals surface area contributed by atoms with Crippen LogP contribution in [0.15, 0.2) is 6.07 Å². The van der Waals surface area contributed by atoms with Crippen molar-refractivity contribution in [2.24, 2.45) is 11.8 Å². The third-order valence-electron chi connectivity index (χ3n) is 2.46. The van der Waals surface area contributed by atoms with Crippen molar-refractivity contribution in [2.75, 3.05) is 24.4 Å². The highest BCUT2D eigenvalue weighted by Crippen LogP contribution is 2.28. The van der Waals surface area contributed by atoms with Crippen molar-refractivity contribution in [3.8, 4) is 0 Å². The normalized spacial score (nSPS) is 14.9. The monoisotopic (exact) mass is 223 g/mol. The number of hydrogen-bond donors (Lipinski definition) is 3.